The second-order valence-electron chi connectivity index (χ2n) is 6.97. The topological polar surface area (TPSA) is 121 Å². The molecule has 3 atom stereocenters. The zero-order valence-electron chi connectivity index (χ0n) is 18.8. The Hall–Kier alpha value is -2.35. The minimum Gasteiger partial charge on any atom is -0.481 e. The van der Waals surface area contributed by atoms with Gasteiger partial charge in [0.2, 0.25) is 0 Å². The second-order valence-corrected chi connectivity index (χ2v) is 8.18. The first kappa shape index (κ1) is 29.7. The Balaban J connectivity index is 4.44. The fraction of sp³-hybridized carbons (Fsp3) is 0.440. The van der Waals surface area contributed by atoms with Crippen LogP contribution in [0, 0.1) is 0 Å². The fourth-order valence-electron chi connectivity index (χ4n) is 2.35. The fourth-order valence-corrected chi connectivity index (χ4v) is 3.45. The molecule has 5 N–H and O–H groups in total. The van der Waals surface area contributed by atoms with Gasteiger partial charge in [-0.1, -0.05) is 79.8 Å². The van der Waals surface area contributed by atoms with E-state index in [9.17, 15) is 14.7 Å². The first-order valence-electron chi connectivity index (χ1n) is 10.8. The van der Waals surface area contributed by atoms with Crippen LogP contribution in [0.5, 0.6) is 0 Å². The van der Waals surface area contributed by atoms with Crippen LogP contribution in [-0.2, 0) is 9.59 Å². The number of aliphatic carboxylic acids is 2. The van der Waals surface area contributed by atoms with Crippen molar-refractivity contribution in [1.29, 1.82) is 0 Å². The Bertz CT molecular complexity index is 694. The summed E-state index contributed by atoms with van der Waals surface area (Å²) in [5.41, 5.74) is 5.58. The number of rotatable bonds is 18. The number of hydrogen-bond acceptors (Lipinski definition) is 5. The van der Waals surface area contributed by atoms with E-state index in [1.54, 1.807) is 0 Å². The van der Waals surface area contributed by atoms with Crippen LogP contribution < -0.4 is 5.73 Å². The van der Waals surface area contributed by atoms with Gasteiger partial charge in [-0.15, -0.1) is 11.8 Å². The molecular formula is C25H37NO5S. The summed E-state index contributed by atoms with van der Waals surface area (Å²) < 4.78 is 0. The van der Waals surface area contributed by atoms with Crippen LogP contribution in [0.1, 0.15) is 45.4 Å². The predicted octanol–water partition coefficient (Wildman–Crippen LogP) is 4.64. The van der Waals surface area contributed by atoms with Gasteiger partial charge in [0.05, 0.1) is 6.10 Å². The number of carbonyl (C=O) groups is 2. The molecule has 0 aliphatic carbocycles. The highest BCUT2D eigenvalue weighted by Crippen LogP contribution is 2.20. The summed E-state index contributed by atoms with van der Waals surface area (Å²) in [5, 5.41) is 27.7. The van der Waals surface area contributed by atoms with E-state index in [-0.39, 0.29) is 17.4 Å². The molecule has 0 aromatic rings. The number of thioether (sulfide) groups is 1. The Morgan fingerprint density at radius 3 is 2.22 bits per heavy atom. The first-order chi connectivity index (χ1) is 15.4. The molecule has 0 rings (SSSR count). The predicted molar refractivity (Wildman–Crippen MR) is 134 cm³/mol. The van der Waals surface area contributed by atoms with Crippen molar-refractivity contribution in [3.8, 4) is 0 Å². The maximum absolute atomic E-state index is 10.9. The van der Waals surface area contributed by atoms with Crippen molar-refractivity contribution >= 4 is 23.7 Å². The molecule has 178 valence electrons. The van der Waals surface area contributed by atoms with Crippen LogP contribution in [0.15, 0.2) is 72.9 Å². The van der Waals surface area contributed by atoms with Crippen LogP contribution in [0.2, 0.25) is 0 Å². The minimum atomic E-state index is -1.05. The van der Waals surface area contributed by atoms with E-state index in [2.05, 4.69) is 0 Å². The van der Waals surface area contributed by atoms with Gasteiger partial charge in [-0.2, -0.15) is 0 Å². The minimum absolute atomic E-state index is 0.161. The number of aliphatic hydroxyl groups excluding tert-OH is 1. The number of aliphatic hydroxyl groups is 1. The number of nitrogens with two attached hydrogens (primary N) is 1. The van der Waals surface area contributed by atoms with Crippen molar-refractivity contribution in [2.45, 2.75) is 62.8 Å². The van der Waals surface area contributed by atoms with Gasteiger partial charge in [0.15, 0.2) is 0 Å². The van der Waals surface area contributed by atoms with Gasteiger partial charge in [0.1, 0.15) is 6.04 Å². The van der Waals surface area contributed by atoms with E-state index in [4.69, 9.17) is 15.9 Å². The smallest absolute Gasteiger partial charge is 0.321 e. The van der Waals surface area contributed by atoms with Crippen molar-refractivity contribution in [3.63, 3.8) is 0 Å². The molecule has 0 radical (unpaired) electrons. The van der Waals surface area contributed by atoms with Crippen molar-refractivity contribution < 1.29 is 24.9 Å². The summed E-state index contributed by atoms with van der Waals surface area (Å²) in [6.45, 7) is 2.03. The molecule has 0 aliphatic rings. The van der Waals surface area contributed by atoms with Crippen LogP contribution in [0.25, 0.3) is 0 Å². The molecule has 7 heteroatoms. The zero-order valence-corrected chi connectivity index (χ0v) is 19.6. The highest BCUT2D eigenvalue weighted by atomic mass is 32.2. The Morgan fingerprint density at radius 1 is 0.906 bits per heavy atom. The summed E-state index contributed by atoms with van der Waals surface area (Å²) in [6.07, 6.45) is 26.3. The Labute approximate surface area is 196 Å². The van der Waals surface area contributed by atoms with E-state index in [1.165, 1.54) is 11.8 Å². The van der Waals surface area contributed by atoms with Crippen molar-refractivity contribution in [2.75, 3.05) is 5.75 Å². The monoisotopic (exact) mass is 463 g/mol. The lowest BCUT2D eigenvalue weighted by Crippen LogP contribution is -2.34. The van der Waals surface area contributed by atoms with Gasteiger partial charge in [0.25, 0.3) is 0 Å². The number of hydrogen-bond donors (Lipinski definition) is 4. The zero-order chi connectivity index (χ0) is 24.0. The third-order valence-corrected chi connectivity index (χ3v) is 5.53. The first-order valence-corrected chi connectivity index (χ1v) is 11.9. The maximum Gasteiger partial charge on any atom is 0.321 e. The number of allylic oxidation sites excluding steroid dienone is 10. The van der Waals surface area contributed by atoms with Crippen LogP contribution in [-0.4, -0.2) is 50.4 Å². The van der Waals surface area contributed by atoms with Crippen LogP contribution in [0.4, 0.5) is 0 Å². The van der Waals surface area contributed by atoms with E-state index >= 15 is 0 Å². The van der Waals surface area contributed by atoms with Gasteiger partial charge >= 0.3 is 11.9 Å². The summed E-state index contributed by atoms with van der Waals surface area (Å²) in [4.78, 5) is 21.3. The Morgan fingerprint density at radius 2 is 1.56 bits per heavy atom. The molecule has 0 aliphatic heterocycles. The van der Waals surface area contributed by atoms with E-state index in [0.717, 1.165) is 19.3 Å². The van der Waals surface area contributed by atoms with Crippen LogP contribution >= 0.6 is 11.8 Å². The van der Waals surface area contributed by atoms with Gasteiger partial charge in [-0.05, 0) is 32.1 Å². The van der Waals surface area contributed by atoms with Crippen molar-refractivity contribution in [1.82, 2.24) is 0 Å². The number of carboxylic acid groups (broad SMARTS) is 2. The highest BCUT2D eigenvalue weighted by molar-refractivity contribution is 8.00. The highest BCUT2D eigenvalue weighted by Gasteiger charge is 2.19. The van der Waals surface area contributed by atoms with Gasteiger partial charge in [0, 0.05) is 17.4 Å². The third kappa shape index (κ3) is 18.4. The van der Waals surface area contributed by atoms with Gasteiger partial charge in [-0.3, -0.25) is 9.59 Å². The molecule has 0 fully saturated rings. The Kier molecular flexibility index (Phi) is 19.0. The summed E-state index contributed by atoms with van der Waals surface area (Å²) in [6, 6.07) is -0.957. The summed E-state index contributed by atoms with van der Waals surface area (Å²) in [5.74, 6) is -1.60. The standard InChI is InChI=1S/C25H37NO5S/c1-2-3-14-17-22(27)23(32-20-21(26)25(30)31)18-15-12-10-8-6-4-5-7-9-11-13-16-19-24(28)29/h3,5-8,10-15,18,21-23,27H,2,4,9,16-17,19-20,26H2,1H3,(H,28,29)(H,30,31)/b7-5-,8-6?,12-10?,13-11-,14-3-,18-15?/t21-,22+,23-/m0/s1. The van der Waals surface area contributed by atoms with E-state index in [1.807, 2.05) is 79.8 Å². The third-order valence-electron chi connectivity index (χ3n) is 4.12. The van der Waals surface area contributed by atoms with E-state index in [0.29, 0.717) is 12.8 Å². The van der Waals surface area contributed by atoms with Crippen molar-refractivity contribution in [3.05, 3.63) is 72.9 Å². The number of carboxylic acids is 2. The molecule has 0 aromatic carbocycles. The van der Waals surface area contributed by atoms with Gasteiger partial charge < -0.3 is 21.1 Å². The second kappa shape index (κ2) is 20.5. The largest absolute Gasteiger partial charge is 0.481 e. The molecule has 0 spiro atoms. The summed E-state index contributed by atoms with van der Waals surface area (Å²) in [7, 11) is 0. The van der Waals surface area contributed by atoms with Crippen LogP contribution in [0.3, 0.4) is 0 Å². The lowest BCUT2D eigenvalue weighted by atomic mass is 10.1. The summed E-state index contributed by atoms with van der Waals surface area (Å²) >= 11 is 1.34. The molecule has 0 saturated heterocycles. The molecule has 32 heavy (non-hydrogen) atoms. The quantitative estimate of drug-likeness (QED) is 0.172. The normalized spacial score (nSPS) is 15.7. The molecule has 6 nitrogen and oxygen atoms in total. The molecule has 0 bridgehead atoms. The average molecular weight is 464 g/mol. The lowest BCUT2D eigenvalue weighted by molar-refractivity contribution is -0.138. The van der Waals surface area contributed by atoms with E-state index < -0.39 is 24.1 Å². The molecular weight excluding hydrogens is 426 g/mol. The molecule has 0 amide bonds. The van der Waals surface area contributed by atoms with Gasteiger partial charge in [-0.25, -0.2) is 0 Å². The van der Waals surface area contributed by atoms with Crippen molar-refractivity contribution in [2.24, 2.45) is 5.73 Å². The average Bonchev–Trinajstić information content (AvgIpc) is 2.75. The molecule has 0 heterocycles. The lowest BCUT2D eigenvalue weighted by Gasteiger charge is -2.19. The molecule has 0 aromatic heterocycles. The maximum atomic E-state index is 10.9. The molecule has 0 unspecified atom stereocenters. The SMILES string of the molecule is CC/C=C\C[C@@H](O)[C@H](C=CC=CC=CC/C=C\C/C=C\CCC(=O)O)SC[C@H](N)C(=O)O. The molecule has 0 saturated carbocycles.